The molecule has 0 heterocycles. The van der Waals surface area contributed by atoms with Gasteiger partial charge in [-0.1, -0.05) is 26.3 Å². The largest absolute Gasteiger partial charge is 0.455 e. The van der Waals surface area contributed by atoms with Gasteiger partial charge in [-0.3, -0.25) is 0 Å². The zero-order valence-corrected chi connectivity index (χ0v) is 12.3. The van der Waals surface area contributed by atoms with Gasteiger partial charge in [0.2, 0.25) is 0 Å². The van der Waals surface area contributed by atoms with Crippen LogP contribution in [0.1, 0.15) is 58.8 Å². The molecule has 0 aliphatic heterocycles. The summed E-state index contributed by atoms with van der Waals surface area (Å²) < 4.78 is 5.95. The Morgan fingerprint density at radius 2 is 2.00 bits per heavy atom. The molecular weight excluding hydrogens is 236 g/mol. The maximum absolute atomic E-state index is 12.0. The minimum atomic E-state index is -0.179. The van der Waals surface area contributed by atoms with Gasteiger partial charge in [-0.25, -0.2) is 4.79 Å². The van der Waals surface area contributed by atoms with E-state index >= 15 is 0 Å². The minimum absolute atomic E-state index is 0.167. The molecule has 0 aromatic rings. The molecule has 106 valence electrons. The van der Waals surface area contributed by atoms with Crippen molar-refractivity contribution < 1.29 is 9.53 Å². The third kappa shape index (κ3) is 1.95. The minimum Gasteiger partial charge on any atom is -0.455 e. The lowest BCUT2D eigenvalue weighted by Gasteiger charge is -2.45. The van der Waals surface area contributed by atoms with Crippen LogP contribution in [0.25, 0.3) is 0 Å². The van der Waals surface area contributed by atoms with E-state index < -0.39 is 0 Å². The summed E-state index contributed by atoms with van der Waals surface area (Å²) in [7, 11) is 0. The Bertz CT molecular complexity index is 400. The Morgan fingerprint density at radius 1 is 1.32 bits per heavy atom. The van der Waals surface area contributed by atoms with E-state index in [-0.39, 0.29) is 11.6 Å². The molecule has 0 aromatic heterocycles. The average molecular weight is 262 g/mol. The molecule has 5 atom stereocenters. The monoisotopic (exact) mass is 262 g/mol. The van der Waals surface area contributed by atoms with Gasteiger partial charge in [0.1, 0.15) is 5.60 Å². The summed E-state index contributed by atoms with van der Waals surface area (Å²) in [4.78, 5) is 12.0. The van der Waals surface area contributed by atoms with Crippen LogP contribution in [-0.2, 0) is 9.53 Å². The van der Waals surface area contributed by atoms with Crippen LogP contribution in [0, 0.1) is 23.7 Å². The van der Waals surface area contributed by atoms with Gasteiger partial charge in [0.15, 0.2) is 0 Å². The van der Waals surface area contributed by atoms with Crippen LogP contribution in [0.4, 0.5) is 0 Å². The van der Waals surface area contributed by atoms with E-state index in [1.54, 1.807) is 6.92 Å². The maximum Gasteiger partial charge on any atom is 0.333 e. The second kappa shape index (κ2) is 4.64. The summed E-state index contributed by atoms with van der Waals surface area (Å²) in [6.07, 6.45) is 8.93. The standard InChI is InChI=1S/C17H26O2/c1-4-17(19-16(18)11(2)3)10-12-9-15(17)14-8-6-5-7-13(12)14/h12-15H,2,4-10H2,1,3H3. The van der Waals surface area contributed by atoms with E-state index in [1.165, 1.54) is 32.1 Å². The van der Waals surface area contributed by atoms with Gasteiger partial charge in [0.05, 0.1) is 0 Å². The molecule has 3 fully saturated rings. The normalized spacial score (nSPS) is 43.9. The summed E-state index contributed by atoms with van der Waals surface area (Å²) in [6.45, 7) is 7.67. The number of carbonyl (C=O) groups excluding carboxylic acids is 1. The number of fused-ring (bicyclic) bond motifs is 5. The summed E-state index contributed by atoms with van der Waals surface area (Å²) in [5.74, 6) is 3.01. The van der Waals surface area contributed by atoms with Crippen LogP contribution < -0.4 is 0 Å². The van der Waals surface area contributed by atoms with Gasteiger partial charge in [-0.05, 0) is 56.8 Å². The first kappa shape index (κ1) is 13.2. The van der Waals surface area contributed by atoms with Crippen molar-refractivity contribution in [3.63, 3.8) is 0 Å². The molecule has 2 nitrogen and oxygen atoms in total. The predicted molar refractivity (Wildman–Crippen MR) is 75.6 cm³/mol. The van der Waals surface area contributed by atoms with Gasteiger partial charge in [0.25, 0.3) is 0 Å². The van der Waals surface area contributed by atoms with E-state index in [4.69, 9.17) is 4.74 Å². The average Bonchev–Trinajstić information content (AvgIpc) is 2.95. The molecule has 0 saturated heterocycles. The molecule has 3 saturated carbocycles. The van der Waals surface area contributed by atoms with E-state index in [9.17, 15) is 4.79 Å². The molecule has 0 aromatic carbocycles. The number of ether oxygens (including phenoxy) is 1. The van der Waals surface area contributed by atoms with Gasteiger partial charge in [0, 0.05) is 11.5 Å². The molecule has 3 aliphatic rings. The van der Waals surface area contributed by atoms with Gasteiger partial charge in [-0.2, -0.15) is 0 Å². The highest BCUT2D eigenvalue weighted by Gasteiger charge is 2.61. The second-order valence-corrected chi connectivity index (χ2v) is 7.01. The summed E-state index contributed by atoms with van der Waals surface area (Å²) in [5, 5.41) is 0. The summed E-state index contributed by atoms with van der Waals surface area (Å²) in [6, 6.07) is 0. The maximum atomic E-state index is 12.0. The number of hydrogen-bond acceptors (Lipinski definition) is 2. The van der Waals surface area contributed by atoms with Crippen molar-refractivity contribution in [3.05, 3.63) is 12.2 Å². The highest BCUT2D eigenvalue weighted by molar-refractivity contribution is 5.87. The first-order chi connectivity index (χ1) is 9.07. The van der Waals surface area contributed by atoms with Crippen molar-refractivity contribution in [3.8, 4) is 0 Å². The summed E-state index contributed by atoms with van der Waals surface area (Å²) >= 11 is 0. The fraction of sp³-hybridized carbons (Fsp3) is 0.824. The van der Waals surface area contributed by atoms with Crippen molar-refractivity contribution >= 4 is 5.97 Å². The topological polar surface area (TPSA) is 26.3 Å². The third-order valence-electron chi connectivity index (χ3n) is 6.08. The number of hydrogen-bond donors (Lipinski definition) is 0. The number of rotatable bonds is 3. The van der Waals surface area contributed by atoms with Crippen molar-refractivity contribution in [1.29, 1.82) is 0 Å². The van der Waals surface area contributed by atoms with Crippen LogP contribution in [0.15, 0.2) is 12.2 Å². The van der Waals surface area contributed by atoms with E-state index in [0.29, 0.717) is 11.5 Å². The smallest absolute Gasteiger partial charge is 0.333 e. The second-order valence-electron chi connectivity index (χ2n) is 7.01. The molecule has 5 unspecified atom stereocenters. The fourth-order valence-electron chi connectivity index (χ4n) is 5.25. The Kier molecular flexibility index (Phi) is 3.23. The van der Waals surface area contributed by atoms with Gasteiger partial charge >= 0.3 is 5.97 Å². The lowest BCUT2D eigenvalue weighted by molar-refractivity contribution is -0.167. The van der Waals surface area contributed by atoms with Crippen molar-refractivity contribution in [2.24, 2.45) is 23.7 Å². The Labute approximate surface area is 116 Å². The summed E-state index contributed by atoms with van der Waals surface area (Å²) in [5.41, 5.74) is 0.370. The molecule has 19 heavy (non-hydrogen) atoms. The zero-order chi connectivity index (χ0) is 13.6. The first-order valence-electron chi connectivity index (χ1n) is 7.96. The SMILES string of the molecule is C=C(C)C(=O)OC1(CC)CC2CC1C1CCCCC21. The van der Waals surface area contributed by atoms with Crippen LogP contribution in [0.5, 0.6) is 0 Å². The van der Waals surface area contributed by atoms with E-state index in [0.717, 1.165) is 30.6 Å². The predicted octanol–water partition coefficient (Wildman–Crippen LogP) is 4.10. The highest BCUT2D eigenvalue weighted by Crippen LogP contribution is 2.63. The molecule has 3 aliphatic carbocycles. The van der Waals surface area contributed by atoms with E-state index in [1.807, 2.05) is 0 Å². The number of esters is 1. The third-order valence-corrected chi connectivity index (χ3v) is 6.08. The Balaban J connectivity index is 1.81. The van der Waals surface area contributed by atoms with E-state index in [2.05, 4.69) is 13.5 Å². The van der Waals surface area contributed by atoms with Crippen molar-refractivity contribution in [1.82, 2.24) is 0 Å². The zero-order valence-electron chi connectivity index (χ0n) is 12.3. The molecule has 0 spiro atoms. The van der Waals surface area contributed by atoms with Crippen LogP contribution >= 0.6 is 0 Å². The lowest BCUT2D eigenvalue weighted by Crippen LogP contribution is -2.46. The van der Waals surface area contributed by atoms with Crippen LogP contribution in [0.3, 0.4) is 0 Å². The van der Waals surface area contributed by atoms with Crippen molar-refractivity contribution in [2.45, 2.75) is 64.4 Å². The molecule has 0 radical (unpaired) electrons. The molecule has 3 rings (SSSR count). The molecule has 2 heteroatoms. The molecule has 0 N–H and O–H groups in total. The van der Waals surface area contributed by atoms with Gasteiger partial charge in [-0.15, -0.1) is 0 Å². The molecule has 2 bridgehead atoms. The first-order valence-corrected chi connectivity index (χ1v) is 7.96. The lowest BCUT2D eigenvalue weighted by atomic mass is 9.65. The number of carbonyl (C=O) groups is 1. The Morgan fingerprint density at radius 3 is 2.63 bits per heavy atom. The molecule has 0 amide bonds. The highest BCUT2D eigenvalue weighted by atomic mass is 16.6. The fourth-order valence-corrected chi connectivity index (χ4v) is 5.25. The van der Waals surface area contributed by atoms with Crippen molar-refractivity contribution in [2.75, 3.05) is 0 Å². The molecular formula is C17H26O2. The van der Waals surface area contributed by atoms with Crippen LogP contribution in [-0.4, -0.2) is 11.6 Å². The quantitative estimate of drug-likeness (QED) is 0.565. The Hall–Kier alpha value is -0.790. The van der Waals surface area contributed by atoms with Crippen LogP contribution in [0.2, 0.25) is 0 Å². The van der Waals surface area contributed by atoms with Gasteiger partial charge < -0.3 is 4.74 Å².